The first kappa shape index (κ1) is 9.71. The Hall–Kier alpha value is -0.830. The van der Waals surface area contributed by atoms with E-state index in [0.29, 0.717) is 6.42 Å². The lowest BCUT2D eigenvalue weighted by molar-refractivity contribution is -0.122. The first-order valence-corrected chi connectivity index (χ1v) is 5.39. The lowest BCUT2D eigenvalue weighted by Crippen LogP contribution is -2.46. The Balaban J connectivity index is 2.64. The molecule has 0 aliphatic carbocycles. The van der Waals surface area contributed by atoms with E-state index >= 15 is 0 Å². The minimum Gasteiger partial charge on any atom is -0.347 e. The van der Waals surface area contributed by atoms with Crippen LogP contribution in [0, 0.1) is 0 Å². The van der Waals surface area contributed by atoms with Crippen LogP contribution in [0.3, 0.4) is 0 Å². The van der Waals surface area contributed by atoms with Crippen LogP contribution in [0.1, 0.15) is 25.0 Å². The lowest BCUT2D eigenvalue weighted by Gasteiger charge is -2.34. The molecule has 1 amide bonds. The third-order valence-electron chi connectivity index (χ3n) is 2.53. The van der Waals surface area contributed by atoms with Crippen molar-refractivity contribution in [3.05, 3.63) is 33.8 Å². The molecule has 3 heteroatoms. The first-order chi connectivity index (χ1) is 6.50. The van der Waals surface area contributed by atoms with E-state index < -0.39 is 0 Å². The van der Waals surface area contributed by atoms with Crippen LogP contribution in [0.25, 0.3) is 0 Å². The van der Waals surface area contributed by atoms with Gasteiger partial charge in [-0.2, -0.15) is 0 Å². The summed E-state index contributed by atoms with van der Waals surface area (Å²) in [5.41, 5.74) is 2.04. The predicted octanol–water partition coefficient (Wildman–Crippen LogP) is 2.36. The summed E-state index contributed by atoms with van der Waals surface area (Å²) in [4.78, 5) is 11.4. The molecule has 1 aliphatic heterocycles. The molecular formula is C11H12BrNO. The summed E-state index contributed by atoms with van der Waals surface area (Å²) < 4.78 is 1.07. The quantitative estimate of drug-likeness (QED) is 0.756. The minimum atomic E-state index is -0.273. The molecule has 2 nitrogen and oxygen atoms in total. The van der Waals surface area contributed by atoms with Crippen molar-refractivity contribution in [3.63, 3.8) is 0 Å². The summed E-state index contributed by atoms with van der Waals surface area (Å²) in [6.07, 6.45) is 0.484. The van der Waals surface area contributed by atoms with E-state index in [1.165, 1.54) is 5.56 Å². The van der Waals surface area contributed by atoms with Gasteiger partial charge in [-0.3, -0.25) is 4.79 Å². The molecule has 0 radical (unpaired) electrons. The van der Waals surface area contributed by atoms with E-state index in [1.54, 1.807) is 0 Å². The number of carbonyl (C=O) groups is 1. The van der Waals surface area contributed by atoms with Crippen LogP contribution >= 0.6 is 15.9 Å². The van der Waals surface area contributed by atoms with Gasteiger partial charge in [-0.25, -0.2) is 0 Å². The standard InChI is InChI=1S/C11H12BrNO/c1-11(2)10-7(6-9(14)13-11)4-3-5-8(10)12/h3-5H,6H2,1-2H3,(H,13,14). The fourth-order valence-electron chi connectivity index (χ4n) is 2.04. The van der Waals surface area contributed by atoms with Crippen molar-refractivity contribution in [1.29, 1.82) is 0 Å². The molecule has 0 unspecified atom stereocenters. The second-order valence-electron chi connectivity index (χ2n) is 4.12. The van der Waals surface area contributed by atoms with Crippen molar-refractivity contribution in [2.45, 2.75) is 25.8 Å². The Morgan fingerprint density at radius 1 is 1.43 bits per heavy atom. The van der Waals surface area contributed by atoms with E-state index in [1.807, 2.05) is 32.0 Å². The maximum atomic E-state index is 11.4. The van der Waals surface area contributed by atoms with Gasteiger partial charge in [-0.05, 0) is 31.0 Å². The summed E-state index contributed by atoms with van der Waals surface area (Å²) in [6, 6.07) is 6.00. The second-order valence-corrected chi connectivity index (χ2v) is 4.98. The molecule has 1 aromatic carbocycles. The molecule has 1 N–H and O–H groups in total. The van der Waals surface area contributed by atoms with Gasteiger partial charge in [0.1, 0.15) is 0 Å². The summed E-state index contributed by atoms with van der Waals surface area (Å²) in [7, 11) is 0. The zero-order valence-corrected chi connectivity index (χ0v) is 9.81. The van der Waals surface area contributed by atoms with Crippen LogP contribution in [0.2, 0.25) is 0 Å². The normalized spacial score (nSPS) is 18.6. The third-order valence-corrected chi connectivity index (χ3v) is 3.19. The van der Waals surface area contributed by atoms with E-state index in [-0.39, 0.29) is 11.4 Å². The number of fused-ring (bicyclic) bond motifs is 1. The highest BCUT2D eigenvalue weighted by Crippen LogP contribution is 2.34. The maximum absolute atomic E-state index is 11.4. The van der Waals surface area contributed by atoms with Gasteiger partial charge in [0.15, 0.2) is 0 Å². The van der Waals surface area contributed by atoms with Crippen molar-refractivity contribution in [2.75, 3.05) is 0 Å². The fourth-order valence-corrected chi connectivity index (χ4v) is 2.95. The Bertz CT molecular complexity index is 398. The number of benzene rings is 1. The molecule has 2 rings (SSSR count). The van der Waals surface area contributed by atoms with E-state index in [9.17, 15) is 4.79 Å². The van der Waals surface area contributed by atoms with Crippen LogP contribution in [0.15, 0.2) is 22.7 Å². The van der Waals surface area contributed by atoms with Gasteiger partial charge < -0.3 is 5.32 Å². The largest absolute Gasteiger partial charge is 0.347 e. The summed E-state index contributed by atoms with van der Waals surface area (Å²) in [5, 5.41) is 2.98. The lowest BCUT2D eigenvalue weighted by atomic mass is 9.85. The van der Waals surface area contributed by atoms with Gasteiger partial charge >= 0.3 is 0 Å². The molecule has 1 aromatic rings. The van der Waals surface area contributed by atoms with Crippen LogP contribution < -0.4 is 5.32 Å². The van der Waals surface area contributed by atoms with Crippen LogP contribution in [-0.2, 0) is 16.8 Å². The van der Waals surface area contributed by atoms with Gasteiger partial charge in [0.2, 0.25) is 5.91 Å². The Morgan fingerprint density at radius 3 is 2.86 bits per heavy atom. The van der Waals surface area contributed by atoms with Gasteiger partial charge in [0.05, 0.1) is 12.0 Å². The van der Waals surface area contributed by atoms with Crippen molar-refractivity contribution in [3.8, 4) is 0 Å². The topological polar surface area (TPSA) is 29.1 Å². The van der Waals surface area contributed by atoms with Gasteiger partial charge in [-0.1, -0.05) is 28.1 Å². The van der Waals surface area contributed by atoms with Crippen LogP contribution in [0.5, 0.6) is 0 Å². The van der Waals surface area contributed by atoms with E-state index in [0.717, 1.165) is 10.0 Å². The molecule has 0 aromatic heterocycles. The first-order valence-electron chi connectivity index (χ1n) is 4.59. The summed E-state index contributed by atoms with van der Waals surface area (Å²) >= 11 is 3.53. The predicted molar refractivity (Wildman–Crippen MR) is 59.0 cm³/mol. The number of carbonyl (C=O) groups excluding carboxylic acids is 1. The number of halogens is 1. The monoisotopic (exact) mass is 253 g/mol. The van der Waals surface area contributed by atoms with Crippen LogP contribution in [0.4, 0.5) is 0 Å². The van der Waals surface area contributed by atoms with Crippen LogP contribution in [-0.4, -0.2) is 5.91 Å². The molecule has 0 bridgehead atoms. The number of amides is 1. The van der Waals surface area contributed by atoms with E-state index in [2.05, 4.69) is 21.2 Å². The molecule has 74 valence electrons. The zero-order chi connectivity index (χ0) is 10.3. The number of nitrogens with one attached hydrogen (secondary N) is 1. The fraction of sp³-hybridized carbons (Fsp3) is 0.364. The average Bonchev–Trinajstić information content (AvgIpc) is 2.00. The SMILES string of the molecule is CC1(C)NC(=O)Cc2cccc(Br)c21. The van der Waals surface area contributed by atoms with Crippen molar-refractivity contribution < 1.29 is 4.79 Å². The molecule has 0 saturated carbocycles. The summed E-state index contributed by atoms with van der Waals surface area (Å²) in [6.45, 7) is 4.04. The molecule has 0 spiro atoms. The highest BCUT2D eigenvalue weighted by Gasteiger charge is 2.32. The highest BCUT2D eigenvalue weighted by atomic mass is 79.9. The zero-order valence-electron chi connectivity index (χ0n) is 8.23. The van der Waals surface area contributed by atoms with Crippen molar-refractivity contribution in [1.82, 2.24) is 5.32 Å². The molecule has 0 fully saturated rings. The van der Waals surface area contributed by atoms with Crippen molar-refractivity contribution >= 4 is 21.8 Å². The smallest absolute Gasteiger partial charge is 0.225 e. The Kier molecular flexibility index (Phi) is 2.14. The molecule has 1 heterocycles. The molecule has 0 atom stereocenters. The third kappa shape index (κ3) is 1.46. The number of rotatable bonds is 0. The van der Waals surface area contributed by atoms with Gasteiger partial charge in [0.25, 0.3) is 0 Å². The molecule has 14 heavy (non-hydrogen) atoms. The Morgan fingerprint density at radius 2 is 2.14 bits per heavy atom. The average molecular weight is 254 g/mol. The molecule has 0 saturated heterocycles. The highest BCUT2D eigenvalue weighted by molar-refractivity contribution is 9.10. The van der Waals surface area contributed by atoms with Gasteiger partial charge in [0, 0.05) is 4.47 Å². The molecule has 1 aliphatic rings. The minimum absolute atomic E-state index is 0.0978. The van der Waals surface area contributed by atoms with Crippen molar-refractivity contribution in [2.24, 2.45) is 0 Å². The Labute approximate surface area is 91.8 Å². The summed E-state index contributed by atoms with van der Waals surface area (Å²) in [5.74, 6) is 0.0978. The number of hydrogen-bond donors (Lipinski definition) is 1. The van der Waals surface area contributed by atoms with Gasteiger partial charge in [-0.15, -0.1) is 0 Å². The van der Waals surface area contributed by atoms with E-state index in [4.69, 9.17) is 0 Å². The maximum Gasteiger partial charge on any atom is 0.225 e. The second kappa shape index (κ2) is 3.09. The number of hydrogen-bond acceptors (Lipinski definition) is 1. The molecular weight excluding hydrogens is 242 g/mol.